The first-order valence-electron chi connectivity index (χ1n) is 4.47. The zero-order chi connectivity index (χ0) is 10.8. The standard InChI is InChI=1S/C10H10BrN3O/c11-8-1-3-9(4-2-8)14-10(15)7(5-12)6-13-14/h1-4,6,13H,5,12H2. The molecule has 1 aromatic heterocycles. The smallest absolute Gasteiger partial charge is 0.275 e. The van der Waals surface area contributed by atoms with Gasteiger partial charge in [0.1, 0.15) is 0 Å². The van der Waals surface area contributed by atoms with Crippen LogP contribution in [0.25, 0.3) is 5.69 Å². The number of H-pyrrole nitrogens is 1. The first-order chi connectivity index (χ1) is 7.22. The molecule has 0 saturated carbocycles. The van der Waals surface area contributed by atoms with Crippen LogP contribution in [0, 0.1) is 0 Å². The van der Waals surface area contributed by atoms with Crippen LogP contribution < -0.4 is 11.3 Å². The number of aromatic nitrogens is 2. The fraction of sp³-hybridized carbons (Fsp3) is 0.100. The van der Waals surface area contributed by atoms with Crippen molar-refractivity contribution in [3.05, 3.63) is 50.9 Å². The molecule has 78 valence electrons. The lowest BCUT2D eigenvalue weighted by molar-refractivity contribution is 0.845. The van der Waals surface area contributed by atoms with Crippen molar-refractivity contribution in [2.75, 3.05) is 0 Å². The Morgan fingerprint density at radius 1 is 1.33 bits per heavy atom. The molecule has 0 radical (unpaired) electrons. The van der Waals surface area contributed by atoms with Gasteiger partial charge in [0.15, 0.2) is 0 Å². The summed E-state index contributed by atoms with van der Waals surface area (Å²) in [5.74, 6) is 0. The molecule has 0 fully saturated rings. The van der Waals surface area contributed by atoms with E-state index < -0.39 is 0 Å². The molecule has 0 unspecified atom stereocenters. The van der Waals surface area contributed by atoms with Gasteiger partial charge in [-0.2, -0.15) is 0 Å². The van der Waals surface area contributed by atoms with Gasteiger partial charge in [-0.1, -0.05) is 15.9 Å². The molecule has 2 aromatic rings. The number of hydrogen-bond donors (Lipinski definition) is 2. The minimum absolute atomic E-state index is 0.0974. The molecule has 0 amide bonds. The number of aromatic amines is 1. The molecule has 3 N–H and O–H groups in total. The van der Waals surface area contributed by atoms with Crippen molar-refractivity contribution in [3.8, 4) is 5.69 Å². The Balaban J connectivity index is 2.50. The van der Waals surface area contributed by atoms with Crippen LogP contribution in [-0.4, -0.2) is 9.78 Å². The van der Waals surface area contributed by atoms with Crippen molar-refractivity contribution in [1.82, 2.24) is 9.78 Å². The second-order valence-corrected chi connectivity index (χ2v) is 4.04. The van der Waals surface area contributed by atoms with Crippen molar-refractivity contribution in [1.29, 1.82) is 0 Å². The van der Waals surface area contributed by atoms with E-state index in [2.05, 4.69) is 21.0 Å². The quantitative estimate of drug-likeness (QED) is 0.864. The molecule has 4 nitrogen and oxygen atoms in total. The van der Waals surface area contributed by atoms with Gasteiger partial charge in [-0.15, -0.1) is 0 Å². The molecule has 0 spiro atoms. The maximum atomic E-state index is 11.7. The van der Waals surface area contributed by atoms with E-state index in [0.717, 1.165) is 10.2 Å². The van der Waals surface area contributed by atoms with Crippen LogP contribution in [0.4, 0.5) is 0 Å². The number of rotatable bonds is 2. The van der Waals surface area contributed by atoms with Crippen LogP contribution in [0.2, 0.25) is 0 Å². The molecule has 0 atom stereocenters. The minimum Gasteiger partial charge on any atom is -0.326 e. The van der Waals surface area contributed by atoms with E-state index in [-0.39, 0.29) is 12.1 Å². The predicted molar refractivity (Wildman–Crippen MR) is 62.0 cm³/mol. The van der Waals surface area contributed by atoms with E-state index in [1.54, 1.807) is 6.20 Å². The monoisotopic (exact) mass is 267 g/mol. The van der Waals surface area contributed by atoms with Gasteiger partial charge >= 0.3 is 0 Å². The van der Waals surface area contributed by atoms with Crippen molar-refractivity contribution in [3.63, 3.8) is 0 Å². The molecule has 1 heterocycles. The summed E-state index contributed by atoms with van der Waals surface area (Å²) >= 11 is 3.34. The summed E-state index contributed by atoms with van der Waals surface area (Å²) in [5.41, 5.74) is 6.70. The topological polar surface area (TPSA) is 63.8 Å². The van der Waals surface area contributed by atoms with Crippen molar-refractivity contribution in [2.24, 2.45) is 5.73 Å². The normalized spacial score (nSPS) is 10.5. The van der Waals surface area contributed by atoms with Crippen LogP contribution in [-0.2, 0) is 6.54 Å². The molecule has 5 heteroatoms. The lowest BCUT2D eigenvalue weighted by Gasteiger charge is -2.00. The Hall–Kier alpha value is -1.33. The highest BCUT2D eigenvalue weighted by Crippen LogP contribution is 2.12. The van der Waals surface area contributed by atoms with E-state index in [4.69, 9.17) is 5.73 Å². The molecular formula is C10H10BrN3O. The number of nitrogens with zero attached hydrogens (tertiary/aromatic N) is 1. The summed E-state index contributed by atoms with van der Waals surface area (Å²) < 4.78 is 2.44. The predicted octanol–water partition coefficient (Wildman–Crippen LogP) is 1.39. The largest absolute Gasteiger partial charge is 0.326 e. The zero-order valence-corrected chi connectivity index (χ0v) is 9.49. The van der Waals surface area contributed by atoms with Crippen molar-refractivity contribution >= 4 is 15.9 Å². The van der Waals surface area contributed by atoms with Gasteiger partial charge in [-0.3, -0.25) is 9.89 Å². The van der Waals surface area contributed by atoms with E-state index in [0.29, 0.717) is 5.56 Å². The molecule has 2 rings (SSSR count). The highest BCUT2D eigenvalue weighted by molar-refractivity contribution is 9.10. The molecule has 0 aliphatic rings. The van der Waals surface area contributed by atoms with Gasteiger partial charge < -0.3 is 5.73 Å². The molecular weight excluding hydrogens is 258 g/mol. The number of nitrogens with one attached hydrogen (secondary N) is 1. The Labute approximate surface area is 94.8 Å². The first-order valence-corrected chi connectivity index (χ1v) is 5.27. The van der Waals surface area contributed by atoms with Gasteiger partial charge in [0.05, 0.1) is 11.3 Å². The van der Waals surface area contributed by atoms with Gasteiger partial charge in [-0.05, 0) is 24.3 Å². The summed E-state index contributed by atoms with van der Waals surface area (Å²) in [7, 11) is 0. The molecule has 0 aliphatic carbocycles. The third kappa shape index (κ3) is 1.88. The lowest BCUT2D eigenvalue weighted by Crippen LogP contribution is -2.18. The van der Waals surface area contributed by atoms with Crippen LogP contribution in [0.5, 0.6) is 0 Å². The fourth-order valence-corrected chi connectivity index (χ4v) is 1.60. The fourth-order valence-electron chi connectivity index (χ4n) is 1.33. The average molecular weight is 268 g/mol. The number of halogens is 1. The SMILES string of the molecule is NCc1c[nH]n(-c2ccc(Br)cc2)c1=O. The van der Waals surface area contributed by atoms with E-state index in [1.807, 2.05) is 24.3 Å². The van der Waals surface area contributed by atoms with Crippen LogP contribution >= 0.6 is 15.9 Å². The molecule has 0 bridgehead atoms. The summed E-state index contributed by atoms with van der Waals surface area (Å²) in [6.07, 6.45) is 1.63. The molecule has 15 heavy (non-hydrogen) atoms. The maximum Gasteiger partial charge on any atom is 0.275 e. The van der Waals surface area contributed by atoms with Gasteiger partial charge in [-0.25, -0.2) is 4.68 Å². The third-order valence-corrected chi connectivity index (χ3v) is 2.68. The average Bonchev–Trinajstić information content (AvgIpc) is 2.61. The molecule has 0 saturated heterocycles. The van der Waals surface area contributed by atoms with Crippen molar-refractivity contribution < 1.29 is 0 Å². The second kappa shape index (κ2) is 4.04. The van der Waals surface area contributed by atoms with Crippen molar-refractivity contribution in [2.45, 2.75) is 6.54 Å². The second-order valence-electron chi connectivity index (χ2n) is 3.12. The Morgan fingerprint density at radius 3 is 2.53 bits per heavy atom. The van der Waals surface area contributed by atoms with Crippen LogP contribution in [0.15, 0.2) is 39.7 Å². The molecule has 0 aliphatic heterocycles. The number of hydrogen-bond acceptors (Lipinski definition) is 2. The lowest BCUT2D eigenvalue weighted by atomic mass is 10.3. The Bertz CT molecular complexity index is 512. The highest BCUT2D eigenvalue weighted by Gasteiger charge is 2.05. The van der Waals surface area contributed by atoms with E-state index in [9.17, 15) is 4.79 Å². The van der Waals surface area contributed by atoms with Gasteiger partial charge in [0.2, 0.25) is 0 Å². The Kier molecular flexibility index (Phi) is 2.75. The zero-order valence-electron chi connectivity index (χ0n) is 7.90. The summed E-state index contributed by atoms with van der Waals surface area (Å²) in [6.45, 7) is 0.249. The number of benzene rings is 1. The van der Waals surface area contributed by atoms with Gasteiger partial charge in [0, 0.05) is 17.2 Å². The minimum atomic E-state index is -0.0974. The molecule has 1 aromatic carbocycles. The summed E-state index contributed by atoms with van der Waals surface area (Å²) in [4.78, 5) is 11.7. The van der Waals surface area contributed by atoms with Crippen LogP contribution in [0.1, 0.15) is 5.56 Å². The Morgan fingerprint density at radius 2 is 2.00 bits per heavy atom. The summed E-state index contributed by atoms with van der Waals surface area (Å²) in [5, 5.41) is 2.87. The number of nitrogens with two attached hydrogens (primary N) is 1. The highest BCUT2D eigenvalue weighted by atomic mass is 79.9. The van der Waals surface area contributed by atoms with Crippen LogP contribution in [0.3, 0.4) is 0 Å². The van der Waals surface area contributed by atoms with E-state index >= 15 is 0 Å². The third-order valence-electron chi connectivity index (χ3n) is 2.15. The maximum absolute atomic E-state index is 11.7. The first kappa shape index (κ1) is 10.2. The summed E-state index contributed by atoms with van der Waals surface area (Å²) in [6, 6.07) is 7.46. The van der Waals surface area contributed by atoms with Gasteiger partial charge in [0.25, 0.3) is 5.56 Å². The van der Waals surface area contributed by atoms with E-state index in [1.165, 1.54) is 4.68 Å².